The minimum absolute atomic E-state index is 0.218. The van der Waals surface area contributed by atoms with Crippen molar-refractivity contribution in [1.82, 2.24) is 9.13 Å². The van der Waals surface area contributed by atoms with Crippen molar-refractivity contribution in [3.8, 4) is 0 Å². The molecule has 0 aliphatic rings. The quantitative estimate of drug-likeness (QED) is 0.645. The Hall–Kier alpha value is -2.63. The van der Waals surface area contributed by atoms with Crippen LogP contribution >= 0.6 is 23.2 Å². The maximum absolute atomic E-state index is 12.7. The normalized spacial score (nSPS) is 10.7. The molecule has 132 valence electrons. The average molecular weight is 389 g/mol. The van der Waals surface area contributed by atoms with Crippen LogP contribution in [-0.4, -0.2) is 14.9 Å². The molecule has 7 heteroatoms. The Balaban J connectivity index is 1.94. The van der Waals surface area contributed by atoms with E-state index in [2.05, 4.69) is 0 Å². The number of halogens is 2. The van der Waals surface area contributed by atoms with Gasteiger partial charge in [0.25, 0.3) is 5.56 Å². The largest absolute Gasteiger partial charge is 0.331 e. The van der Waals surface area contributed by atoms with E-state index in [1.54, 1.807) is 42.5 Å². The first-order valence-electron chi connectivity index (χ1n) is 7.71. The van der Waals surface area contributed by atoms with Gasteiger partial charge >= 0.3 is 5.69 Å². The molecule has 0 spiro atoms. The number of carbonyl (C=O) groups is 1. The van der Waals surface area contributed by atoms with Crippen LogP contribution in [0.3, 0.4) is 0 Å². The number of nitrogens with zero attached hydrogens (tertiary/aromatic N) is 2. The second-order valence-electron chi connectivity index (χ2n) is 5.81. The smallest absolute Gasteiger partial charge is 0.296 e. The van der Waals surface area contributed by atoms with Crippen LogP contribution in [0.5, 0.6) is 0 Å². The molecule has 0 N–H and O–H groups in total. The SMILES string of the molecule is Cn1c(=O)ccn(Cc2cccc(C(=O)c3cc(Cl)cc(Cl)c3)c2)c1=O. The number of rotatable bonds is 4. The fourth-order valence-electron chi connectivity index (χ4n) is 2.60. The van der Waals surface area contributed by atoms with Crippen molar-refractivity contribution in [2.45, 2.75) is 6.54 Å². The van der Waals surface area contributed by atoms with Crippen LogP contribution in [-0.2, 0) is 13.6 Å². The molecule has 3 aromatic rings. The Morgan fingerprint density at radius 2 is 1.65 bits per heavy atom. The molecule has 2 aromatic carbocycles. The summed E-state index contributed by atoms with van der Waals surface area (Å²) in [5.41, 5.74) is 0.811. The van der Waals surface area contributed by atoms with Crippen molar-refractivity contribution >= 4 is 29.0 Å². The van der Waals surface area contributed by atoms with Crippen molar-refractivity contribution in [1.29, 1.82) is 0 Å². The molecule has 0 atom stereocenters. The minimum Gasteiger partial charge on any atom is -0.296 e. The highest BCUT2D eigenvalue weighted by atomic mass is 35.5. The molecule has 0 bridgehead atoms. The fraction of sp³-hybridized carbons (Fsp3) is 0.105. The molecule has 0 unspecified atom stereocenters. The summed E-state index contributed by atoms with van der Waals surface area (Å²) in [5.74, 6) is -0.218. The number of benzene rings is 2. The van der Waals surface area contributed by atoms with Crippen molar-refractivity contribution in [2.75, 3.05) is 0 Å². The van der Waals surface area contributed by atoms with E-state index in [1.165, 1.54) is 23.9 Å². The standard InChI is InChI=1S/C19H14Cl2N2O3/c1-22-17(24)5-6-23(19(22)26)11-12-3-2-4-13(7-12)18(25)14-8-15(20)10-16(21)9-14/h2-10H,11H2,1H3. The molecule has 5 nitrogen and oxygen atoms in total. The highest BCUT2D eigenvalue weighted by Gasteiger charge is 2.12. The van der Waals surface area contributed by atoms with Gasteiger partial charge in [-0.1, -0.05) is 41.4 Å². The number of carbonyl (C=O) groups excluding carboxylic acids is 1. The van der Waals surface area contributed by atoms with Crippen molar-refractivity contribution in [3.63, 3.8) is 0 Å². The minimum atomic E-state index is -0.421. The van der Waals surface area contributed by atoms with Crippen LogP contribution in [0.2, 0.25) is 10.0 Å². The lowest BCUT2D eigenvalue weighted by molar-refractivity contribution is 0.103. The Labute approximate surface area is 159 Å². The predicted octanol–water partition coefficient (Wildman–Crippen LogP) is 3.13. The third kappa shape index (κ3) is 3.79. The van der Waals surface area contributed by atoms with Gasteiger partial charge in [0, 0.05) is 40.5 Å². The number of ketones is 1. The second kappa shape index (κ2) is 7.32. The zero-order valence-electron chi connectivity index (χ0n) is 13.8. The number of aromatic nitrogens is 2. The summed E-state index contributed by atoms with van der Waals surface area (Å²) in [6.45, 7) is 0.240. The monoisotopic (exact) mass is 388 g/mol. The molecule has 1 heterocycles. The Bertz CT molecular complexity index is 1100. The molecule has 0 saturated heterocycles. The zero-order valence-corrected chi connectivity index (χ0v) is 15.3. The summed E-state index contributed by atoms with van der Waals surface area (Å²) in [4.78, 5) is 36.3. The fourth-order valence-corrected chi connectivity index (χ4v) is 3.12. The lowest BCUT2D eigenvalue weighted by Gasteiger charge is -2.09. The molecule has 0 fully saturated rings. The van der Waals surface area contributed by atoms with Crippen LogP contribution in [0.25, 0.3) is 0 Å². The first-order valence-corrected chi connectivity index (χ1v) is 8.47. The molecular formula is C19H14Cl2N2O3. The number of hydrogen-bond acceptors (Lipinski definition) is 3. The van der Waals surface area contributed by atoms with E-state index in [-0.39, 0.29) is 17.9 Å². The Kier molecular flexibility index (Phi) is 5.11. The first-order chi connectivity index (χ1) is 12.3. The summed E-state index contributed by atoms with van der Waals surface area (Å²) in [7, 11) is 1.42. The van der Waals surface area contributed by atoms with Gasteiger partial charge in [0.1, 0.15) is 0 Å². The summed E-state index contributed by atoms with van der Waals surface area (Å²) in [6, 6.07) is 12.9. The molecule has 0 saturated carbocycles. The lowest BCUT2D eigenvalue weighted by atomic mass is 10.0. The van der Waals surface area contributed by atoms with Gasteiger partial charge in [-0.25, -0.2) is 4.79 Å². The summed E-state index contributed by atoms with van der Waals surface area (Å²) in [6.07, 6.45) is 1.44. The highest BCUT2D eigenvalue weighted by molar-refractivity contribution is 6.35. The summed E-state index contributed by atoms with van der Waals surface area (Å²) in [5, 5.41) is 0.766. The molecule has 3 rings (SSSR count). The van der Waals surface area contributed by atoms with Gasteiger partial charge < -0.3 is 0 Å². The Morgan fingerprint density at radius 1 is 0.962 bits per heavy atom. The third-order valence-corrected chi connectivity index (χ3v) is 4.36. The van der Waals surface area contributed by atoms with Crippen LogP contribution in [0.1, 0.15) is 21.5 Å². The third-order valence-electron chi connectivity index (χ3n) is 3.93. The van der Waals surface area contributed by atoms with E-state index in [4.69, 9.17) is 23.2 Å². The van der Waals surface area contributed by atoms with Gasteiger partial charge in [0.2, 0.25) is 0 Å². The van der Waals surface area contributed by atoms with Crippen molar-refractivity contribution in [2.24, 2.45) is 7.05 Å². The van der Waals surface area contributed by atoms with Crippen LogP contribution in [0, 0.1) is 0 Å². The molecule has 0 radical (unpaired) electrons. The van der Waals surface area contributed by atoms with E-state index in [0.717, 1.165) is 10.1 Å². The number of hydrogen-bond donors (Lipinski definition) is 0. The first kappa shape index (κ1) is 18.2. The average Bonchev–Trinajstić information content (AvgIpc) is 2.61. The van der Waals surface area contributed by atoms with Gasteiger partial charge in [-0.05, 0) is 29.8 Å². The van der Waals surface area contributed by atoms with E-state index in [1.807, 2.05) is 0 Å². The Morgan fingerprint density at radius 3 is 2.35 bits per heavy atom. The van der Waals surface area contributed by atoms with E-state index in [0.29, 0.717) is 21.2 Å². The maximum Gasteiger partial charge on any atom is 0.331 e. The van der Waals surface area contributed by atoms with Crippen LogP contribution in [0.4, 0.5) is 0 Å². The van der Waals surface area contributed by atoms with Gasteiger partial charge in [-0.3, -0.25) is 18.7 Å². The van der Waals surface area contributed by atoms with Gasteiger partial charge in [0.15, 0.2) is 5.78 Å². The molecule has 1 aromatic heterocycles. The van der Waals surface area contributed by atoms with Crippen molar-refractivity contribution < 1.29 is 4.79 Å². The molecular weight excluding hydrogens is 375 g/mol. The summed E-state index contributed by atoms with van der Waals surface area (Å²) < 4.78 is 2.43. The molecule has 0 aliphatic heterocycles. The maximum atomic E-state index is 12.7. The van der Waals surface area contributed by atoms with Gasteiger partial charge in [0.05, 0.1) is 6.54 Å². The topological polar surface area (TPSA) is 61.1 Å². The molecule has 0 amide bonds. The van der Waals surface area contributed by atoms with Crippen LogP contribution < -0.4 is 11.2 Å². The zero-order chi connectivity index (χ0) is 18.8. The second-order valence-corrected chi connectivity index (χ2v) is 6.68. The summed E-state index contributed by atoms with van der Waals surface area (Å²) >= 11 is 11.9. The van der Waals surface area contributed by atoms with E-state index < -0.39 is 5.69 Å². The predicted molar refractivity (Wildman–Crippen MR) is 101 cm³/mol. The van der Waals surface area contributed by atoms with E-state index >= 15 is 0 Å². The van der Waals surface area contributed by atoms with Gasteiger partial charge in [-0.2, -0.15) is 0 Å². The van der Waals surface area contributed by atoms with Gasteiger partial charge in [-0.15, -0.1) is 0 Å². The lowest BCUT2D eigenvalue weighted by Crippen LogP contribution is -2.37. The van der Waals surface area contributed by atoms with Crippen molar-refractivity contribution in [3.05, 3.63) is 102 Å². The van der Waals surface area contributed by atoms with E-state index in [9.17, 15) is 14.4 Å². The molecule has 26 heavy (non-hydrogen) atoms. The molecule has 0 aliphatic carbocycles. The highest BCUT2D eigenvalue weighted by Crippen LogP contribution is 2.21. The van der Waals surface area contributed by atoms with Crippen LogP contribution in [0.15, 0.2) is 64.3 Å².